The van der Waals surface area contributed by atoms with Gasteiger partial charge < -0.3 is 18.6 Å². The first-order valence-corrected chi connectivity index (χ1v) is 12.7. The van der Waals surface area contributed by atoms with Crippen LogP contribution >= 0.6 is 0 Å². The minimum Gasteiger partial charge on any atom is -0.415 e. The second kappa shape index (κ2) is 10.6. The molecule has 1 aliphatic heterocycles. The average Bonchev–Trinajstić information content (AvgIpc) is 3.64. The van der Waals surface area contributed by atoms with Crippen molar-refractivity contribution in [3.05, 3.63) is 90.8 Å². The Kier molecular flexibility index (Phi) is 6.70. The van der Waals surface area contributed by atoms with E-state index in [4.69, 9.17) is 9.40 Å². The van der Waals surface area contributed by atoms with Gasteiger partial charge in [-0.25, -0.2) is 9.97 Å². The van der Waals surface area contributed by atoms with Crippen molar-refractivity contribution in [1.82, 2.24) is 24.6 Å². The first-order chi connectivity index (χ1) is 19.0. The number of imidazole rings is 1. The van der Waals surface area contributed by atoms with Gasteiger partial charge in [-0.05, 0) is 49.2 Å². The van der Waals surface area contributed by atoms with Crippen LogP contribution in [0.25, 0.3) is 17.1 Å². The van der Waals surface area contributed by atoms with E-state index < -0.39 is 12.3 Å². The van der Waals surface area contributed by atoms with E-state index in [1.54, 1.807) is 29.4 Å². The SMILES string of the molecule is O=C(C1CCN(c2ccccn2)CC1)N(Cc1cn2ccc(-c3nnc(C(F)F)o3)cc2n1)c1ccccc1. The summed E-state index contributed by atoms with van der Waals surface area (Å²) in [6, 6.07) is 18.8. The maximum atomic E-state index is 13.8. The number of piperidine rings is 1. The number of halogens is 2. The highest BCUT2D eigenvalue weighted by atomic mass is 19.3. The van der Waals surface area contributed by atoms with E-state index in [0.29, 0.717) is 16.9 Å². The Labute approximate surface area is 222 Å². The van der Waals surface area contributed by atoms with Gasteiger partial charge in [-0.15, -0.1) is 10.2 Å². The molecule has 39 heavy (non-hydrogen) atoms. The highest BCUT2D eigenvalue weighted by Crippen LogP contribution is 2.28. The fourth-order valence-corrected chi connectivity index (χ4v) is 4.87. The zero-order chi connectivity index (χ0) is 26.8. The lowest BCUT2D eigenvalue weighted by Crippen LogP contribution is -2.42. The molecular weight excluding hydrogens is 504 g/mol. The molecule has 4 aromatic heterocycles. The number of benzene rings is 1. The van der Waals surface area contributed by atoms with Crippen molar-refractivity contribution in [2.45, 2.75) is 25.8 Å². The predicted octanol–water partition coefficient (Wildman–Crippen LogP) is 5.17. The minimum absolute atomic E-state index is 0.00418. The molecule has 5 heterocycles. The summed E-state index contributed by atoms with van der Waals surface area (Å²) in [6.07, 6.45) is 4.01. The molecule has 0 bridgehead atoms. The highest BCUT2D eigenvalue weighted by molar-refractivity contribution is 5.95. The third kappa shape index (κ3) is 5.20. The van der Waals surface area contributed by atoms with Gasteiger partial charge in [-0.2, -0.15) is 8.78 Å². The van der Waals surface area contributed by atoms with Gasteiger partial charge in [0.05, 0.1) is 12.2 Å². The minimum atomic E-state index is -2.84. The number of anilines is 2. The van der Waals surface area contributed by atoms with Crippen LogP contribution in [0.1, 0.15) is 30.9 Å². The normalized spacial score (nSPS) is 14.3. The van der Waals surface area contributed by atoms with E-state index in [1.807, 2.05) is 59.1 Å². The zero-order valence-corrected chi connectivity index (χ0v) is 20.9. The van der Waals surface area contributed by atoms with Crippen LogP contribution in [0.2, 0.25) is 0 Å². The number of nitrogens with zero attached hydrogens (tertiary/aromatic N) is 7. The maximum Gasteiger partial charge on any atom is 0.314 e. The Bertz CT molecular complexity index is 1560. The number of hydrogen-bond acceptors (Lipinski definition) is 7. The molecule has 0 unspecified atom stereocenters. The molecule has 0 N–H and O–H groups in total. The number of rotatable bonds is 7. The van der Waals surface area contributed by atoms with Crippen molar-refractivity contribution in [2.75, 3.05) is 22.9 Å². The quantitative estimate of drug-likeness (QED) is 0.287. The third-order valence-electron chi connectivity index (χ3n) is 6.86. The van der Waals surface area contributed by atoms with Crippen LogP contribution in [0, 0.1) is 5.92 Å². The zero-order valence-electron chi connectivity index (χ0n) is 20.9. The van der Waals surface area contributed by atoms with Crippen molar-refractivity contribution >= 4 is 23.1 Å². The maximum absolute atomic E-state index is 13.8. The van der Waals surface area contributed by atoms with Crippen LogP contribution < -0.4 is 9.80 Å². The number of carbonyl (C=O) groups excluding carboxylic acids is 1. The van der Waals surface area contributed by atoms with Gasteiger partial charge >= 0.3 is 6.43 Å². The van der Waals surface area contributed by atoms with Crippen LogP contribution in [-0.4, -0.2) is 43.6 Å². The van der Waals surface area contributed by atoms with Gasteiger partial charge in [0.2, 0.25) is 11.8 Å². The largest absolute Gasteiger partial charge is 0.415 e. The summed E-state index contributed by atoms with van der Waals surface area (Å²) in [4.78, 5) is 27.0. The molecule has 11 heteroatoms. The molecule has 0 saturated carbocycles. The number of aromatic nitrogens is 5. The lowest BCUT2D eigenvalue weighted by Gasteiger charge is -2.34. The Morgan fingerprint density at radius 2 is 1.85 bits per heavy atom. The van der Waals surface area contributed by atoms with Gasteiger partial charge in [0.15, 0.2) is 0 Å². The molecule has 1 aromatic carbocycles. The smallest absolute Gasteiger partial charge is 0.314 e. The highest BCUT2D eigenvalue weighted by Gasteiger charge is 2.30. The molecule has 9 nitrogen and oxygen atoms in total. The molecule has 0 spiro atoms. The first-order valence-electron chi connectivity index (χ1n) is 12.7. The van der Waals surface area contributed by atoms with E-state index in [-0.39, 0.29) is 24.3 Å². The Morgan fingerprint density at radius 1 is 1.05 bits per heavy atom. The number of pyridine rings is 2. The van der Waals surface area contributed by atoms with Gasteiger partial charge in [0.25, 0.3) is 5.89 Å². The predicted molar refractivity (Wildman–Crippen MR) is 140 cm³/mol. The molecule has 0 radical (unpaired) electrons. The Balaban J connectivity index is 1.22. The van der Waals surface area contributed by atoms with E-state index >= 15 is 0 Å². The van der Waals surface area contributed by atoms with E-state index in [2.05, 4.69) is 20.1 Å². The monoisotopic (exact) mass is 529 g/mol. The molecular formula is C28H25F2N7O2. The summed E-state index contributed by atoms with van der Waals surface area (Å²) in [5, 5.41) is 7.11. The van der Waals surface area contributed by atoms with Crippen molar-refractivity contribution < 1.29 is 18.0 Å². The Morgan fingerprint density at radius 3 is 2.56 bits per heavy atom. The van der Waals surface area contributed by atoms with E-state index in [1.165, 1.54) is 0 Å². The molecule has 1 fully saturated rings. The summed E-state index contributed by atoms with van der Waals surface area (Å²) >= 11 is 0. The standard InChI is InChI=1S/C28H25F2N7O2/c29-25(30)27-34-33-26(39-27)20-11-15-36-17-21(32-24(36)16-20)18-37(22-6-2-1-3-7-22)28(38)19-9-13-35(14-10-19)23-8-4-5-12-31-23/h1-8,11-12,15-17,19,25H,9-10,13-14,18H2. The van der Waals surface area contributed by atoms with Crippen LogP contribution in [-0.2, 0) is 11.3 Å². The van der Waals surface area contributed by atoms with Crippen LogP contribution in [0.3, 0.4) is 0 Å². The first kappa shape index (κ1) is 24.7. The second-order valence-corrected chi connectivity index (χ2v) is 9.37. The molecule has 1 saturated heterocycles. The summed E-state index contributed by atoms with van der Waals surface area (Å²) in [6.45, 7) is 1.81. The second-order valence-electron chi connectivity index (χ2n) is 9.37. The number of carbonyl (C=O) groups is 1. The fourth-order valence-electron chi connectivity index (χ4n) is 4.87. The van der Waals surface area contributed by atoms with Crippen LogP contribution in [0.4, 0.5) is 20.3 Å². The molecule has 0 aliphatic carbocycles. The Hall–Kier alpha value is -4.67. The topological polar surface area (TPSA) is 92.7 Å². The lowest BCUT2D eigenvalue weighted by atomic mass is 9.94. The number of alkyl halides is 2. The van der Waals surface area contributed by atoms with E-state index in [0.717, 1.165) is 37.4 Å². The van der Waals surface area contributed by atoms with Crippen molar-refractivity contribution in [3.63, 3.8) is 0 Å². The number of hydrogen-bond donors (Lipinski definition) is 0. The molecule has 1 aliphatic rings. The molecule has 1 amide bonds. The van der Waals surface area contributed by atoms with Crippen LogP contribution in [0.5, 0.6) is 0 Å². The van der Waals surface area contributed by atoms with Crippen molar-refractivity contribution in [2.24, 2.45) is 5.92 Å². The van der Waals surface area contributed by atoms with Gasteiger partial charge in [0, 0.05) is 48.8 Å². The number of amides is 1. The summed E-state index contributed by atoms with van der Waals surface area (Å²) in [7, 11) is 0. The molecule has 0 atom stereocenters. The summed E-state index contributed by atoms with van der Waals surface area (Å²) in [5.41, 5.74) is 2.55. The molecule has 5 aromatic rings. The van der Waals surface area contributed by atoms with Gasteiger partial charge in [-0.3, -0.25) is 4.79 Å². The fraction of sp³-hybridized carbons (Fsp3) is 0.250. The number of fused-ring (bicyclic) bond motifs is 1. The average molecular weight is 530 g/mol. The third-order valence-corrected chi connectivity index (χ3v) is 6.86. The summed E-state index contributed by atoms with van der Waals surface area (Å²) < 4.78 is 32.6. The van der Waals surface area contributed by atoms with Crippen molar-refractivity contribution in [1.29, 1.82) is 0 Å². The van der Waals surface area contributed by atoms with Gasteiger partial charge in [-0.1, -0.05) is 24.3 Å². The number of para-hydroxylation sites is 1. The van der Waals surface area contributed by atoms with E-state index in [9.17, 15) is 13.6 Å². The van der Waals surface area contributed by atoms with Gasteiger partial charge in [0.1, 0.15) is 11.5 Å². The molecule has 198 valence electrons. The molecule has 6 rings (SSSR count). The van der Waals surface area contributed by atoms with Crippen LogP contribution in [0.15, 0.2) is 83.7 Å². The summed E-state index contributed by atoms with van der Waals surface area (Å²) in [5.74, 6) is 0.144. The van der Waals surface area contributed by atoms with Crippen molar-refractivity contribution in [3.8, 4) is 11.5 Å². The lowest BCUT2D eigenvalue weighted by molar-refractivity contribution is -0.123.